The normalized spacial score (nSPS) is 10.9. The van der Waals surface area contributed by atoms with Crippen LogP contribution in [0.4, 0.5) is 0 Å². The van der Waals surface area contributed by atoms with Gasteiger partial charge in [0.15, 0.2) is 0 Å². The Morgan fingerprint density at radius 1 is 1.29 bits per heavy atom. The molecule has 0 amide bonds. The number of pyridine rings is 1. The second kappa shape index (κ2) is 3.35. The van der Waals surface area contributed by atoms with Crippen LogP contribution in [0.15, 0.2) is 22.7 Å². The van der Waals surface area contributed by atoms with Crippen molar-refractivity contribution in [2.45, 2.75) is 6.92 Å². The summed E-state index contributed by atoms with van der Waals surface area (Å²) in [7, 11) is 0. The minimum absolute atomic E-state index is 0.396. The number of nitrogens with zero attached hydrogens (tertiary/aromatic N) is 1. The first kappa shape index (κ1) is 9.66. The van der Waals surface area contributed by atoms with E-state index in [0.717, 1.165) is 20.9 Å². The third-order valence-electron chi connectivity index (χ3n) is 2.28. The van der Waals surface area contributed by atoms with Gasteiger partial charge in [0.25, 0.3) is 0 Å². The highest BCUT2D eigenvalue weighted by Crippen LogP contribution is 2.24. The number of aryl methyl sites for hydroxylation is 1. The molecule has 0 unspecified atom stereocenters. The van der Waals surface area contributed by atoms with E-state index in [0.29, 0.717) is 11.3 Å². The van der Waals surface area contributed by atoms with Crippen molar-refractivity contribution < 1.29 is 0 Å². The van der Waals surface area contributed by atoms with Gasteiger partial charge in [-0.3, -0.25) is 4.98 Å². The fraction of sp³-hybridized carbons (Fsp3) is 0.0833. The molecule has 0 N–H and O–H groups in total. The Labute approximate surface area is 92.3 Å². The van der Waals surface area contributed by atoms with Crippen LogP contribution in [0.1, 0.15) is 16.8 Å². The predicted octanol–water partition coefficient (Wildman–Crippen LogP) is 3.42. The summed E-state index contributed by atoms with van der Waals surface area (Å²) >= 11 is 3.39. The summed E-state index contributed by atoms with van der Waals surface area (Å²) in [5, 5.41) is 1.04. The largest absolute Gasteiger partial charge is 0.252 e. The molecule has 4 radical (unpaired) electrons. The Kier molecular flexibility index (Phi) is 2.31. The van der Waals surface area contributed by atoms with Crippen LogP contribution in [-0.2, 0) is 0 Å². The Morgan fingerprint density at radius 3 is 2.71 bits per heavy atom. The van der Waals surface area contributed by atoms with Gasteiger partial charge >= 0.3 is 0 Å². The van der Waals surface area contributed by atoms with Crippen LogP contribution in [0.5, 0.6) is 0 Å². The smallest absolute Gasteiger partial charge is 0.0719 e. The number of halogens is 1. The van der Waals surface area contributed by atoms with Gasteiger partial charge in [0.1, 0.15) is 0 Å². The quantitative estimate of drug-likeness (QED) is 0.694. The van der Waals surface area contributed by atoms with E-state index in [-0.39, 0.29) is 0 Å². The van der Waals surface area contributed by atoms with Gasteiger partial charge in [-0.05, 0) is 30.2 Å². The van der Waals surface area contributed by atoms with Crippen LogP contribution in [0, 0.1) is 20.8 Å². The fourth-order valence-electron chi connectivity index (χ4n) is 1.44. The second-order valence-electron chi connectivity index (χ2n) is 3.20. The molecule has 0 saturated carbocycles. The molecule has 68 valence electrons. The lowest BCUT2D eigenvalue weighted by atomic mass is 10.0. The summed E-state index contributed by atoms with van der Waals surface area (Å²) in [5.74, 6) is 0. The number of hydrogen-bond acceptors (Lipinski definition) is 1. The zero-order chi connectivity index (χ0) is 10.3. The van der Waals surface area contributed by atoms with Crippen molar-refractivity contribution in [1.82, 2.24) is 4.98 Å². The van der Waals surface area contributed by atoms with Crippen molar-refractivity contribution in [1.29, 1.82) is 0 Å². The third kappa shape index (κ3) is 1.44. The molecule has 0 bridgehead atoms. The summed E-state index contributed by atoms with van der Waals surface area (Å²) in [6.45, 7) is 13.4. The summed E-state index contributed by atoms with van der Waals surface area (Å²) < 4.78 is 0.987. The van der Waals surface area contributed by atoms with E-state index in [4.69, 9.17) is 13.8 Å². The molecule has 0 atom stereocenters. The molecular formula is C12H8BrN. The van der Waals surface area contributed by atoms with Gasteiger partial charge in [-0.15, -0.1) is 0 Å². The first-order valence-corrected chi connectivity index (χ1v) is 4.99. The molecule has 2 aromatic rings. The minimum Gasteiger partial charge on any atom is -0.252 e. The predicted molar refractivity (Wildman–Crippen MR) is 61.0 cm³/mol. The lowest BCUT2D eigenvalue weighted by Crippen LogP contribution is -1.93. The molecule has 0 spiro atoms. The molecule has 2 rings (SSSR count). The van der Waals surface area contributed by atoms with Crippen molar-refractivity contribution in [3.05, 3.63) is 53.3 Å². The minimum atomic E-state index is 0.396. The number of fused-ring (bicyclic) bond motifs is 1. The third-order valence-corrected chi connectivity index (χ3v) is 2.78. The summed E-state index contributed by atoms with van der Waals surface area (Å²) in [4.78, 5) is 4.22. The summed E-state index contributed by atoms with van der Waals surface area (Å²) in [6.07, 6.45) is 0. The SMILES string of the molecule is [CH]c1nc2cc(Br)ccc2c(C)c1[CH]. The van der Waals surface area contributed by atoms with Gasteiger partial charge in [-0.2, -0.15) is 0 Å². The molecule has 2 heteroatoms. The van der Waals surface area contributed by atoms with Gasteiger partial charge in [0.2, 0.25) is 0 Å². The Bertz CT molecular complexity index is 503. The topological polar surface area (TPSA) is 12.9 Å². The van der Waals surface area contributed by atoms with E-state index in [9.17, 15) is 0 Å². The molecule has 1 aromatic heterocycles. The molecule has 0 aliphatic rings. The maximum absolute atomic E-state index is 5.79. The summed E-state index contributed by atoms with van der Waals surface area (Å²) in [6, 6.07) is 5.88. The highest BCUT2D eigenvalue weighted by atomic mass is 79.9. The summed E-state index contributed by atoms with van der Waals surface area (Å²) in [5.41, 5.74) is 2.82. The molecule has 0 aliphatic carbocycles. The van der Waals surface area contributed by atoms with Gasteiger partial charge in [-0.25, -0.2) is 0 Å². The van der Waals surface area contributed by atoms with Crippen molar-refractivity contribution in [2.75, 3.05) is 0 Å². The fourth-order valence-corrected chi connectivity index (χ4v) is 1.79. The van der Waals surface area contributed by atoms with E-state index < -0.39 is 0 Å². The van der Waals surface area contributed by atoms with Crippen molar-refractivity contribution in [2.24, 2.45) is 0 Å². The van der Waals surface area contributed by atoms with Crippen molar-refractivity contribution in [3.8, 4) is 0 Å². The Balaban J connectivity index is 2.91. The zero-order valence-electron chi connectivity index (χ0n) is 7.71. The van der Waals surface area contributed by atoms with Crippen LogP contribution in [0.25, 0.3) is 10.9 Å². The zero-order valence-corrected chi connectivity index (χ0v) is 9.30. The number of hydrogen-bond donors (Lipinski definition) is 0. The monoisotopic (exact) mass is 245 g/mol. The number of aromatic nitrogens is 1. The average Bonchev–Trinajstić information content (AvgIpc) is 2.14. The van der Waals surface area contributed by atoms with E-state index >= 15 is 0 Å². The molecule has 1 aromatic carbocycles. The standard InChI is InChI=1S/C12H8BrN/c1-7-8(2)11-5-4-10(13)6-12(11)14-9(7)3/h1,3-6H,2H3. The number of rotatable bonds is 0. The Hall–Kier alpha value is -0.890. The van der Waals surface area contributed by atoms with Crippen LogP contribution in [0.2, 0.25) is 0 Å². The highest BCUT2D eigenvalue weighted by Gasteiger charge is 2.05. The van der Waals surface area contributed by atoms with Gasteiger partial charge in [-0.1, -0.05) is 22.0 Å². The van der Waals surface area contributed by atoms with Crippen molar-refractivity contribution in [3.63, 3.8) is 0 Å². The van der Waals surface area contributed by atoms with Crippen LogP contribution >= 0.6 is 15.9 Å². The van der Waals surface area contributed by atoms with E-state index in [2.05, 4.69) is 20.9 Å². The van der Waals surface area contributed by atoms with Crippen LogP contribution < -0.4 is 0 Å². The molecule has 0 aliphatic heterocycles. The molecule has 0 fully saturated rings. The Morgan fingerprint density at radius 2 is 2.00 bits per heavy atom. The molecule has 0 saturated heterocycles. The van der Waals surface area contributed by atoms with Crippen LogP contribution in [-0.4, -0.2) is 4.98 Å². The molecular weight excluding hydrogens is 238 g/mol. The van der Waals surface area contributed by atoms with Crippen molar-refractivity contribution >= 4 is 26.8 Å². The maximum Gasteiger partial charge on any atom is 0.0719 e. The van der Waals surface area contributed by atoms with Gasteiger partial charge in [0.05, 0.1) is 5.52 Å². The molecule has 14 heavy (non-hydrogen) atoms. The lowest BCUT2D eigenvalue weighted by Gasteiger charge is -2.07. The second-order valence-corrected chi connectivity index (χ2v) is 4.11. The lowest BCUT2D eigenvalue weighted by molar-refractivity contribution is 1.27. The van der Waals surface area contributed by atoms with E-state index in [1.165, 1.54) is 0 Å². The van der Waals surface area contributed by atoms with Gasteiger partial charge in [0, 0.05) is 29.4 Å². The van der Waals surface area contributed by atoms with Crippen LogP contribution in [0.3, 0.4) is 0 Å². The highest BCUT2D eigenvalue weighted by molar-refractivity contribution is 9.10. The van der Waals surface area contributed by atoms with E-state index in [1.807, 2.05) is 25.1 Å². The average molecular weight is 246 g/mol. The number of benzene rings is 1. The first-order valence-electron chi connectivity index (χ1n) is 4.20. The van der Waals surface area contributed by atoms with Gasteiger partial charge < -0.3 is 0 Å². The first-order chi connectivity index (χ1) is 6.59. The maximum atomic E-state index is 5.79. The van der Waals surface area contributed by atoms with E-state index in [1.54, 1.807) is 0 Å². The molecule has 1 nitrogen and oxygen atoms in total. The molecule has 1 heterocycles.